The van der Waals surface area contributed by atoms with Crippen molar-refractivity contribution >= 4 is 17.9 Å². The van der Waals surface area contributed by atoms with Crippen LogP contribution in [0.15, 0.2) is 54.6 Å². The standard InChI is InChI=1S/C29H38N4O5/c1-6-12-20(2)31-26(35)25(22-15-10-11-16-24(22)34)33(18-17-30)27(36)23(19-21-13-8-7-9-14-21)32-28(37)38-29(3,4)5/h7-11,13-16,20,23,25,34H,6,12,18-19H2,1-5H3,(H,31,35)(H,32,37). The van der Waals surface area contributed by atoms with E-state index in [1.165, 1.54) is 12.1 Å². The van der Waals surface area contributed by atoms with Gasteiger partial charge in [0.25, 0.3) is 0 Å². The number of carbonyl (C=O) groups excluding carboxylic acids is 3. The van der Waals surface area contributed by atoms with Crippen molar-refractivity contribution in [2.24, 2.45) is 0 Å². The molecule has 0 heterocycles. The molecule has 0 fully saturated rings. The maximum absolute atomic E-state index is 14.0. The summed E-state index contributed by atoms with van der Waals surface area (Å²) < 4.78 is 5.38. The fourth-order valence-corrected chi connectivity index (χ4v) is 4.07. The Morgan fingerprint density at radius 1 is 1.05 bits per heavy atom. The quantitative estimate of drug-likeness (QED) is 0.379. The second kappa shape index (κ2) is 14.0. The zero-order chi connectivity index (χ0) is 28.3. The van der Waals surface area contributed by atoms with Gasteiger partial charge in [0.2, 0.25) is 11.8 Å². The van der Waals surface area contributed by atoms with E-state index in [9.17, 15) is 24.8 Å². The summed E-state index contributed by atoms with van der Waals surface area (Å²) in [6.07, 6.45) is 0.844. The molecule has 2 aromatic rings. The minimum Gasteiger partial charge on any atom is -0.508 e. The van der Waals surface area contributed by atoms with Gasteiger partial charge < -0.3 is 25.4 Å². The lowest BCUT2D eigenvalue weighted by Crippen LogP contribution is -2.54. The van der Waals surface area contributed by atoms with E-state index in [4.69, 9.17) is 4.74 Å². The third-order valence-corrected chi connectivity index (χ3v) is 5.70. The molecule has 0 saturated carbocycles. The van der Waals surface area contributed by atoms with Crippen LogP contribution in [0, 0.1) is 11.3 Å². The molecule has 204 valence electrons. The number of amides is 3. The van der Waals surface area contributed by atoms with Crippen molar-refractivity contribution in [3.05, 3.63) is 65.7 Å². The smallest absolute Gasteiger partial charge is 0.408 e. The number of nitrogens with zero attached hydrogens (tertiary/aromatic N) is 2. The van der Waals surface area contributed by atoms with Crippen molar-refractivity contribution in [3.8, 4) is 11.8 Å². The van der Waals surface area contributed by atoms with Crippen molar-refractivity contribution in [2.45, 2.75) is 77.6 Å². The fourth-order valence-electron chi connectivity index (χ4n) is 4.07. The molecule has 9 nitrogen and oxygen atoms in total. The molecule has 9 heteroatoms. The van der Waals surface area contributed by atoms with Gasteiger partial charge in [-0.15, -0.1) is 0 Å². The molecule has 0 aromatic heterocycles. The fraction of sp³-hybridized carbons (Fsp3) is 0.448. The molecule has 0 aliphatic heterocycles. The lowest BCUT2D eigenvalue weighted by Gasteiger charge is -2.33. The summed E-state index contributed by atoms with van der Waals surface area (Å²) in [7, 11) is 0. The monoisotopic (exact) mass is 522 g/mol. The van der Waals surface area contributed by atoms with E-state index in [1.807, 2.05) is 50.2 Å². The number of benzene rings is 2. The zero-order valence-electron chi connectivity index (χ0n) is 22.7. The van der Waals surface area contributed by atoms with Crippen molar-refractivity contribution in [1.82, 2.24) is 15.5 Å². The third kappa shape index (κ3) is 9.11. The Hall–Kier alpha value is -4.06. The molecule has 0 aliphatic carbocycles. The average molecular weight is 523 g/mol. The van der Waals surface area contributed by atoms with Gasteiger partial charge in [-0.2, -0.15) is 5.26 Å². The molecule has 38 heavy (non-hydrogen) atoms. The summed E-state index contributed by atoms with van der Waals surface area (Å²) >= 11 is 0. The van der Waals surface area contributed by atoms with E-state index in [2.05, 4.69) is 10.6 Å². The topological polar surface area (TPSA) is 132 Å². The molecule has 0 radical (unpaired) electrons. The Morgan fingerprint density at radius 2 is 1.68 bits per heavy atom. The number of rotatable bonds is 11. The van der Waals surface area contributed by atoms with Gasteiger partial charge in [0.1, 0.15) is 30.0 Å². The Balaban J connectivity index is 2.53. The SMILES string of the molecule is CCCC(C)NC(=O)C(c1ccccc1O)N(CC#N)C(=O)C(Cc1ccccc1)NC(=O)OC(C)(C)C. The van der Waals surface area contributed by atoms with Crippen molar-refractivity contribution in [1.29, 1.82) is 5.26 Å². The summed E-state index contributed by atoms with van der Waals surface area (Å²) in [5.41, 5.74) is 0.136. The number of aromatic hydroxyl groups is 1. The molecule has 0 saturated heterocycles. The van der Waals surface area contributed by atoms with Gasteiger partial charge >= 0.3 is 6.09 Å². The normalized spacial score (nSPS) is 13.4. The van der Waals surface area contributed by atoms with Gasteiger partial charge in [0, 0.05) is 18.0 Å². The highest BCUT2D eigenvalue weighted by Gasteiger charge is 2.37. The van der Waals surface area contributed by atoms with Crippen LogP contribution in [-0.2, 0) is 20.7 Å². The first-order valence-electron chi connectivity index (χ1n) is 12.8. The van der Waals surface area contributed by atoms with Crippen LogP contribution >= 0.6 is 0 Å². The number of phenols is 1. The number of phenolic OH excluding ortho intramolecular Hbond substituents is 1. The first kappa shape index (κ1) is 30.2. The summed E-state index contributed by atoms with van der Waals surface area (Å²) in [4.78, 5) is 41.4. The van der Waals surface area contributed by atoms with Crippen LogP contribution < -0.4 is 10.6 Å². The summed E-state index contributed by atoms with van der Waals surface area (Å²) in [5.74, 6) is -1.38. The highest BCUT2D eigenvalue weighted by molar-refractivity contribution is 5.93. The van der Waals surface area contributed by atoms with Crippen LogP contribution in [0.2, 0.25) is 0 Å². The molecule has 2 aromatic carbocycles. The van der Waals surface area contributed by atoms with Gasteiger partial charge in [-0.25, -0.2) is 4.79 Å². The molecule has 0 aliphatic rings. The largest absolute Gasteiger partial charge is 0.508 e. The van der Waals surface area contributed by atoms with E-state index in [0.717, 1.165) is 16.9 Å². The first-order chi connectivity index (χ1) is 18.0. The maximum Gasteiger partial charge on any atom is 0.408 e. The van der Waals surface area contributed by atoms with Gasteiger partial charge in [-0.3, -0.25) is 9.59 Å². The Kier molecular flexibility index (Phi) is 11.1. The molecule has 3 atom stereocenters. The van der Waals surface area contributed by atoms with Gasteiger partial charge in [-0.05, 0) is 45.7 Å². The Labute approximate surface area is 224 Å². The number of hydrogen-bond acceptors (Lipinski definition) is 6. The number of para-hydroxylation sites is 1. The summed E-state index contributed by atoms with van der Waals surface area (Å²) in [5, 5.41) is 25.8. The molecule has 3 N–H and O–H groups in total. The molecule has 3 amide bonds. The van der Waals surface area contributed by atoms with E-state index >= 15 is 0 Å². The van der Waals surface area contributed by atoms with E-state index in [-0.39, 0.29) is 23.8 Å². The van der Waals surface area contributed by atoms with Crippen LogP contribution in [0.4, 0.5) is 4.79 Å². The van der Waals surface area contributed by atoms with Gasteiger partial charge in [0.05, 0.1) is 6.07 Å². The predicted molar refractivity (Wildman–Crippen MR) is 144 cm³/mol. The molecule has 0 bridgehead atoms. The molecule has 0 spiro atoms. The highest BCUT2D eigenvalue weighted by atomic mass is 16.6. The molecular weight excluding hydrogens is 484 g/mol. The molecule has 3 unspecified atom stereocenters. The van der Waals surface area contributed by atoms with Crippen molar-refractivity contribution in [3.63, 3.8) is 0 Å². The minimum atomic E-state index is -1.30. The number of nitriles is 1. The van der Waals surface area contributed by atoms with E-state index in [0.29, 0.717) is 6.42 Å². The Bertz CT molecular complexity index is 1120. The highest BCUT2D eigenvalue weighted by Crippen LogP contribution is 2.30. The number of ether oxygens (including phenoxy) is 1. The second-order valence-electron chi connectivity index (χ2n) is 10.2. The first-order valence-corrected chi connectivity index (χ1v) is 12.8. The Morgan fingerprint density at radius 3 is 2.26 bits per heavy atom. The lowest BCUT2D eigenvalue weighted by atomic mass is 9.99. The average Bonchev–Trinajstić information content (AvgIpc) is 2.83. The van der Waals surface area contributed by atoms with Gasteiger partial charge in [0.15, 0.2) is 0 Å². The van der Waals surface area contributed by atoms with Crippen LogP contribution in [-0.4, -0.2) is 52.1 Å². The van der Waals surface area contributed by atoms with Crippen LogP contribution in [0.5, 0.6) is 5.75 Å². The van der Waals surface area contributed by atoms with E-state index < -0.39 is 42.1 Å². The van der Waals surface area contributed by atoms with Crippen LogP contribution in [0.3, 0.4) is 0 Å². The van der Waals surface area contributed by atoms with Crippen LogP contribution in [0.1, 0.15) is 64.6 Å². The molecular formula is C29H38N4O5. The second-order valence-corrected chi connectivity index (χ2v) is 10.2. The number of hydrogen-bond donors (Lipinski definition) is 3. The van der Waals surface area contributed by atoms with Crippen molar-refractivity contribution in [2.75, 3.05) is 6.54 Å². The minimum absolute atomic E-state index is 0.0994. The summed E-state index contributed by atoms with van der Waals surface area (Å²) in [6, 6.07) is 14.6. The van der Waals surface area contributed by atoms with Gasteiger partial charge in [-0.1, -0.05) is 61.9 Å². The maximum atomic E-state index is 14.0. The summed E-state index contributed by atoms with van der Waals surface area (Å²) in [6.45, 7) is 8.51. The number of nitrogens with one attached hydrogen (secondary N) is 2. The number of carbonyl (C=O) groups is 3. The third-order valence-electron chi connectivity index (χ3n) is 5.70. The van der Waals surface area contributed by atoms with E-state index in [1.54, 1.807) is 32.9 Å². The zero-order valence-corrected chi connectivity index (χ0v) is 22.7. The predicted octanol–water partition coefficient (Wildman–Crippen LogP) is 4.23. The lowest BCUT2D eigenvalue weighted by molar-refractivity contribution is -0.142. The van der Waals surface area contributed by atoms with Crippen molar-refractivity contribution < 1.29 is 24.2 Å². The van der Waals surface area contributed by atoms with Crippen LogP contribution in [0.25, 0.3) is 0 Å². The molecule has 2 rings (SSSR count). The number of alkyl carbamates (subject to hydrolysis) is 1.